The van der Waals surface area contributed by atoms with Crippen LogP contribution in [-0.4, -0.2) is 65.0 Å². The zero-order valence-electron chi connectivity index (χ0n) is 22.1. The molecule has 39 heavy (non-hydrogen) atoms. The van der Waals surface area contributed by atoms with Crippen molar-refractivity contribution >= 4 is 50.3 Å². The number of nitrogens with zero attached hydrogens (tertiary/aromatic N) is 4. The summed E-state index contributed by atoms with van der Waals surface area (Å²) in [7, 11) is 1.59. The van der Waals surface area contributed by atoms with Crippen LogP contribution in [0.5, 0.6) is 0 Å². The summed E-state index contributed by atoms with van der Waals surface area (Å²) in [5.74, 6) is -0.426. The third kappa shape index (κ3) is 4.68. The van der Waals surface area contributed by atoms with Gasteiger partial charge in [0.15, 0.2) is 0 Å². The van der Waals surface area contributed by atoms with Crippen LogP contribution in [0.2, 0.25) is 0 Å². The minimum atomic E-state index is -0.683. The Kier molecular flexibility index (Phi) is 7.60. The number of methoxy groups -OCH3 is 1. The summed E-state index contributed by atoms with van der Waals surface area (Å²) in [4.78, 5) is 35.3. The standard InChI is InChI=1S/C28H29BrF2N4O3S/c1-6-23(36)34-15(3)10-33(11-16(34)4)27-19-7-14(2)24(18-8-20(29)22(31)9-21(18)30)26-25(19)35(28(37)32-27)17(12-38-5)13-39-26/h6-9,15-17H,1,10-13H2,2-5H3/t15-,16+,17-/m0/s1. The lowest BCUT2D eigenvalue weighted by Crippen LogP contribution is -2.58. The number of carbonyl (C=O) groups excluding carboxylic acids is 1. The Morgan fingerprint density at radius 2 is 1.92 bits per heavy atom. The average molecular weight is 620 g/mol. The second-order valence-corrected chi connectivity index (χ2v) is 12.0. The van der Waals surface area contributed by atoms with Gasteiger partial charge in [-0.2, -0.15) is 4.98 Å². The molecule has 1 fully saturated rings. The molecule has 0 saturated carbocycles. The van der Waals surface area contributed by atoms with Gasteiger partial charge in [-0.1, -0.05) is 6.58 Å². The first-order valence-electron chi connectivity index (χ1n) is 12.6. The molecular formula is C28H29BrF2N4O3S. The average Bonchev–Trinajstić information content (AvgIpc) is 2.88. The van der Waals surface area contributed by atoms with E-state index in [4.69, 9.17) is 4.74 Å². The summed E-state index contributed by atoms with van der Waals surface area (Å²) in [5.41, 5.74) is 1.90. The largest absolute Gasteiger partial charge is 0.383 e. The Labute approximate surface area is 238 Å². The van der Waals surface area contributed by atoms with Crippen molar-refractivity contribution in [3.8, 4) is 11.1 Å². The van der Waals surface area contributed by atoms with E-state index in [1.54, 1.807) is 16.6 Å². The van der Waals surface area contributed by atoms with Gasteiger partial charge >= 0.3 is 5.69 Å². The maximum atomic E-state index is 15.2. The highest BCUT2D eigenvalue weighted by Crippen LogP contribution is 2.47. The molecular weight excluding hydrogens is 590 g/mol. The molecule has 0 spiro atoms. The Morgan fingerprint density at radius 1 is 1.23 bits per heavy atom. The quantitative estimate of drug-likeness (QED) is 0.285. The van der Waals surface area contributed by atoms with Gasteiger partial charge in [-0.3, -0.25) is 9.36 Å². The monoisotopic (exact) mass is 618 g/mol. The fourth-order valence-electron chi connectivity index (χ4n) is 5.86. The number of thioether (sulfide) groups is 1. The van der Waals surface area contributed by atoms with Crippen molar-refractivity contribution in [1.82, 2.24) is 14.5 Å². The van der Waals surface area contributed by atoms with E-state index in [0.717, 1.165) is 21.9 Å². The van der Waals surface area contributed by atoms with Gasteiger partial charge in [0.05, 0.1) is 22.6 Å². The normalized spacial score (nSPS) is 20.9. The van der Waals surface area contributed by atoms with E-state index < -0.39 is 17.3 Å². The number of hydrogen-bond acceptors (Lipinski definition) is 6. The maximum Gasteiger partial charge on any atom is 0.350 e. The summed E-state index contributed by atoms with van der Waals surface area (Å²) >= 11 is 4.72. The van der Waals surface area contributed by atoms with Gasteiger partial charge in [0.2, 0.25) is 5.91 Å². The smallest absolute Gasteiger partial charge is 0.350 e. The van der Waals surface area contributed by atoms with Crippen molar-refractivity contribution in [1.29, 1.82) is 0 Å². The van der Waals surface area contributed by atoms with Gasteiger partial charge in [0.1, 0.15) is 17.5 Å². The molecule has 3 heterocycles. The Morgan fingerprint density at radius 3 is 2.56 bits per heavy atom. The summed E-state index contributed by atoms with van der Waals surface area (Å²) in [6.45, 7) is 10.7. The zero-order chi connectivity index (χ0) is 28.2. The summed E-state index contributed by atoms with van der Waals surface area (Å²) in [5, 5.41) is 0.767. The molecule has 0 aliphatic carbocycles. The van der Waals surface area contributed by atoms with Crippen LogP contribution < -0.4 is 10.6 Å². The lowest BCUT2D eigenvalue weighted by atomic mass is 9.96. The van der Waals surface area contributed by atoms with Crippen LogP contribution in [-0.2, 0) is 9.53 Å². The molecule has 2 aliphatic rings. The highest BCUT2D eigenvalue weighted by atomic mass is 79.9. The first kappa shape index (κ1) is 27.8. The van der Waals surface area contributed by atoms with Crippen LogP contribution in [0.4, 0.5) is 14.6 Å². The molecule has 1 aromatic heterocycles. The van der Waals surface area contributed by atoms with Crippen LogP contribution >= 0.6 is 27.7 Å². The Balaban J connectivity index is 1.76. The number of piperazine rings is 1. The van der Waals surface area contributed by atoms with Gasteiger partial charge in [-0.25, -0.2) is 13.6 Å². The molecule has 2 aromatic carbocycles. The minimum Gasteiger partial charge on any atom is -0.383 e. The molecule has 2 aliphatic heterocycles. The molecule has 0 N–H and O–H groups in total. The van der Waals surface area contributed by atoms with Crippen LogP contribution in [0.15, 0.2) is 45.0 Å². The number of hydrogen-bond donors (Lipinski definition) is 0. The number of benzene rings is 2. The molecule has 5 rings (SSSR count). The van der Waals surface area contributed by atoms with Crippen LogP contribution in [0.3, 0.4) is 0 Å². The minimum absolute atomic E-state index is 0.132. The highest BCUT2D eigenvalue weighted by Gasteiger charge is 2.35. The van der Waals surface area contributed by atoms with E-state index in [-0.39, 0.29) is 34.1 Å². The summed E-state index contributed by atoms with van der Waals surface area (Å²) in [6, 6.07) is 3.72. The Hall–Kier alpha value is -2.76. The first-order chi connectivity index (χ1) is 18.6. The number of carbonyl (C=O) groups is 1. The number of aromatic nitrogens is 2. The van der Waals surface area contributed by atoms with E-state index in [0.29, 0.717) is 42.3 Å². The number of ether oxygens (including phenoxy) is 1. The van der Waals surface area contributed by atoms with Crippen LogP contribution in [0.25, 0.3) is 22.0 Å². The molecule has 0 radical (unpaired) electrons. The molecule has 206 valence electrons. The van der Waals surface area contributed by atoms with Crippen LogP contribution in [0.1, 0.15) is 25.5 Å². The molecule has 1 saturated heterocycles. The van der Waals surface area contributed by atoms with Crippen molar-refractivity contribution in [2.24, 2.45) is 0 Å². The molecule has 3 aromatic rings. The SMILES string of the molecule is C=CC(=O)N1[C@H](C)CN(c2nc(=O)n3c4c(c(-c5cc(Br)c(F)cc5F)c(C)cc24)SC[C@@H]3COC)C[C@@H]1C. The van der Waals surface area contributed by atoms with E-state index in [1.165, 1.54) is 23.9 Å². The van der Waals surface area contributed by atoms with Gasteiger partial charge in [-0.05, 0) is 60.5 Å². The van der Waals surface area contributed by atoms with E-state index in [2.05, 4.69) is 27.5 Å². The van der Waals surface area contributed by atoms with Crippen molar-refractivity contribution in [3.63, 3.8) is 0 Å². The predicted octanol–water partition coefficient (Wildman–Crippen LogP) is 5.32. The number of rotatable bonds is 5. The zero-order valence-corrected chi connectivity index (χ0v) is 24.5. The molecule has 1 amide bonds. The third-order valence-corrected chi connectivity index (χ3v) is 9.26. The lowest BCUT2D eigenvalue weighted by Gasteiger charge is -2.45. The molecule has 0 unspecified atom stereocenters. The molecule has 11 heteroatoms. The molecule has 0 bridgehead atoms. The fraction of sp³-hybridized carbons (Fsp3) is 0.393. The molecule has 7 nitrogen and oxygen atoms in total. The maximum absolute atomic E-state index is 15.2. The number of amides is 1. The van der Waals surface area contributed by atoms with Crippen molar-refractivity contribution in [2.45, 2.75) is 43.8 Å². The van der Waals surface area contributed by atoms with Crippen LogP contribution in [0, 0.1) is 18.6 Å². The first-order valence-corrected chi connectivity index (χ1v) is 14.4. The Bertz CT molecular complexity index is 1550. The van der Waals surface area contributed by atoms with E-state index >= 15 is 4.39 Å². The topological polar surface area (TPSA) is 67.7 Å². The second kappa shape index (κ2) is 10.7. The van der Waals surface area contributed by atoms with E-state index in [1.807, 2.05) is 31.7 Å². The van der Waals surface area contributed by atoms with Crippen molar-refractivity contribution in [2.75, 3.05) is 37.5 Å². The second-order valence-electron chi connectivity index (χ2n) is 10.1. The number of aryl methyl sites for hydroxylation is 1. The summed E-state index contributed by atoms with van der Waals surface area (Å²) < 4.78 is 36.5. The molecule has 3 atom stereocenters. The van der Waals surface area contributed by atoms with Gasteiger partial charge in [-0.15, -0.1) is 11.8 Å². The number of halogens is 3. The van der Waals surface area contributed by atoms with Gasteiger partial charge in [0, 0.05) is 65.5 Å². The van der Waals surface area contributed by atoms with Gasteiger partial charge < -0.3 is 14.5 Å². The van der Waals surface area contributed by atoms with Crippen molar-refractivity contribution < 1.29 is 18.3 Å². The van der Waals surface area contributed by atoms with Crippen molar-refractivity contribution in [3.05, 3.63) is 63.0 Å². The van der Waals surface area contributed by atoms with E-state index in [9.17, 15) is 14.0 Å². The van der Waals surface area contributed by atoms with Gasteiger partial charge in [0.25, 0.3) is 0 Å². The predicted molar refractivity (Wildman–Crippen MR) is 154 cm³/mol. The summed E-state index contributed by atoms with van der Waals surface area (Å²) in [6.07, 6.45) is 1.32. The lowest BCUT2D eigenvalue weighted by molar-refractivity contribution is -0.130. The number of anilines is 1. The fourth-order valence-corrected chi connectivity index (χ4v) is 7.57. The third-order valence-electron chi connectivity index (χ3n) is 7.41. The highest BCUT2D eigenvalue weighted by molar-refractivity contribution is 9.10.